The predicted molar refractivity (Wildman–Crippen MR) is 86.9 cm³/mol. The molecule has 0 atom stereocenters. The minimum atomic E-state index is 0.145. The molecule has 124 valence electrons. The zero-order valence-corrected chi connectivity index (χ0v) is 13.9. The Kier molecular flexibility index (Phi) is 4.76. The van der Waals surface area contributed by atoms with Crippen LogP contribution in [0.1, 0.15) is 11.4 Å². The molecule has 1 aliphatic heterocycles. The molecule has 23 heavy (non-hydrogen) atoms. The molecule has 7 heteroatoms. The summed E-state index contributed by atoms with van der Waals surface area (Å²) in [6.07, 6.45) is 3.52. The van der Waals surface area contributed by atoms with Crippen molar-refractivity contribution in [2.24, 2.45) is 0 Å². The monoisotopic (exact) mass is 316 g/mol. The molecule has 1 fully saturated rings. The smallest absolute Gasteiger partial charge is 0.244 e. The number of piperazine rings is 1. The second kappa shape index (κ2) is 6.95. The van der Waals surface area contributed by atoms with Crippen LogP contribution in [-0.4, -0.2) is 68.0 Å². The van der Waals surface area contributed by atoms with Crippen LogP contribution in [0.25, 0.3) is 0 Å². The molecule has 7 nitrogen and oxygen atoms in total. The van der Waals surface area contributed by atoms with Gasteiger partial charge in [-0.1, -0.05) is 0 Å². The van der Waals surface area contributed by atoms with Gasteiger partial charge in [-0.15, -0.1) is 0 Å². The van der Waals surface area contributed by atoms with Crippen molar-refractivity contribution in [2.45, 2.75) is 26.9 Å². The Morgan fingerprint density at radius 3 is 2.57 bits per heavy atom. The van der Waals surface area contributed by atoms with Gasteiger partial charge in [0.25, 0.3) is 0 Å². The molecular formula is C16H24N6O. The maximum atomic E-state index is 12.2. The van der Waals surface area contributed by atoms with Crippen LogP contribution in [0.15, 0.2) is 24.5 Å². The van der Waals surface area contributed by atoms with E-state index in [0.29, 0.717) is 6.54 Å². The summed E-state index contributed by atoms with van der Waals surface area (Å²) in [6, 6.07) is 3.94. The lowest BCUT2D eigenvalue weighted by Gasteiger charge is -2.34. The number of nitrogens with zero attached hydrogens (tertiary/aromatic N) is 6. The van der Waals surface area contributed by atoms with Crippen LogP contribution in [0.5, 0.6) is 0 Å². The normalized spacial score (nSPS) is 16.0. The summed E-state index contributed by atoms with van der Waals surface area (Å²) < 4.78 is 3.74. The largest absolute Gasteiger partial charge is 0.339 e. The first-order valence-electron chi connectivity index (χ1n) is 8.10. The van der Waals surface area contributed by atoms with E-state index in [1.165, 1.54) is 5.69 Å². The zero-order chi connectivity index (χ0) is 16.2. The first-order chi connectivity index (χ1) is 11.1. The predicted octanol–water partition coefficient (Wildman–Crippen LogP) is 0.541. The van der Waals surface area contributed by atoms with Crippen molar-refractivity contribution >= 4 is 5.91 Å². The summed E-state index contributed by atoms with van der Waals surface area (Å²) >= 11 is 0. The van der Waals surface area contributed by atoms with Crippen molar-refractivity contribution in [3.05, 3.63) is 35.9 Å². The highest BCUT2D eigenvalue weighted by atomic mass is 16.2. The summed E-state index contributed by atoms with van der Waals surface area (Å²) in [7, 11) is 0. The van der Waals surface area contributed by atoms with Gasteiger partial charge in [0, 0.05) is 50.8 Å². The van der Waals surface area contributed by atoms with Crippen LogP contribution in [0.3, 0.4) is 0 Å². The third-order valence-electron chi connectivity index (χ3n) is 4.31. The van der Waals surface area contributed by atoms with Gasteiger partial charge in [0.05, 0.1) is 12.2 Å². The van der Waals surface area contributed by atoms with Gasteiger partial charge in [-0.3, -0.25) is 19.1 Å². The van der Waals surface area contributed by atoms with E-state index in [9.17, 15) is 4.79 Å². The van der Waals surface area contributed by atoms with Crippen LogP contribution in [0, 0.1) is 13.8 Å². The molecule has 0 N–H and O–H groups in total. The van der Waals surface area contributed by atoms with E-state index in [-0.39, 0.29) is 5.91 Å². The standard InChI is InChI=1S/C16H24N6O/c1-14-12-15(2)22(18-14)11-8-19-6-9-20(10-7-19)16(23)13-21-5-3-4-17-21/h3-5,12H,6-11,13H2,1-2H3. The molecule has 3 rings (SSSR count). The van der Waals surface area contributed by atoms with Gasteiger partial charge in [0.1, 0.15) is 6.54 Å². The number of hydrogen-bond donors (Lipinski definition) is 0. The Bertz CT molecular complexity index is 640. The second-order valence-corrected chi connectivity index (χ2v) is 6.08. The first kappa shape index (κ1) is 15.7. The minimum absolute atomic E-state index is 0.145. The molecule has 0 bridgehead atoms. The molecule has 2 aromatic heterocycles. The van der Waals surface area contributed by atoms with E-state index in [1.807, 2.05) is 24.1 Å². The van der Waals surface area contributed by atoms with Gasteiger partial charge in [-0.2, -0.15) is 10.2 Å². The molecule has 2 aromatic rings. The number of hydrogen-bond acceptors (Lipinski definition) is 4. The summed E-state index contributed by atoms with van der Waals surface area (Å²) in [5, 5.41) is 8.58. The quantitative estimate of drug-likeness (QED) is 0.808. The number of rotatable bonds is 5. The van der Waals surface area contributed by atoms with Crippen LogP contribution in [0.2, 0.25) is 0 Å². The van der Waals surface area contributed by atoms with E-state index in [1.54, 1.807) is 10.9 Å². The van der Waals surface area contributed by atoms with Crippen LogP contribution >= 0.6 is 0 Å². The van der Waals surface area contributed by atoms with Crippen molar-refractivity contribution in [1.82, 2.24) is 29.4 Å². The maximum Gasteiger partial charge on any atom is 0.244 e. The number of aromatic nitrogens is 4. The van der Waals surface area contributed by atoms with Gasteiger partial charge in [0.2, 0.25) is 5.91 Å². The summed E-state index contributed by atoms with van der Waals surface area (Å²) in [5.74, 6) is 0.145. The van der Waals surface area contributed by atoms with Gasteiger partial charge in [-0.05, 0) is 26.0 Å². The number of aryl methyl sites for hydroxylation is 2. The minimum Gasteiger partial charge on any atom is -0.339 e. The molecule has 1 amide bonds. The summed E-state index contributed by atoms with van der Waals surface area (Å²) in [5.41, 5.74) is 2.27. The Hall–Kier alpha value is -2.15. The molecule has 0 saturated carbocycles. The van der Waals surface area contributed by atoms with E-state index >= 15 is 0 Å². The van der Waals surface area contributed by atoms with E-state index < -0.39 is 0 Å². The maximum absolute atomic E-state index is 12.2. The van der Waals surface area contributed by atoms with E-state index in [4.69, 9.17) is 0 Å². The van der Waals surface area contributed by atoms with E-state index in [0.717, 1.165) is 45.0 Å². The SMILES string of the molecule is Cc1cc(C)n(CCN2CCN(C(=O)Cn3cccn3)CC2)n1. The summed E-state index contributed by atoms with van der Waals surface area (Å²) in [4.78, 5) is 16.6. The lowest BCUT2D eigenvalue weighted by Crippen LogP contribution is -2.50. The van der Waals surface area contributed by atoms with Crippen molar-refractivity contribution in [1.29, 1.82) is 0 Å². The molecule has 0 aromatic carbocycles. The van der Waals surface area contributed by atoms with E-state index in [2.05, 4.69) is 32.8 Å². The molecule has 0 unspecified atom stereocenters. The van der Waals surface area contributed by atoms with Gasteiger partial charge in [-0.25, -0.2) is 0 Å². The Balaban J connectivity index is 1.43. The van der Waals surface area contributed by atoms with Crippen molar-refractivity contribution in [2.75, 3.05) is 32.7 Å². The fourth-order valence-corrected chi connectivity index (χ4v) is 2.99. The van der Waals surface area contributed by atoms with Crippen molar-refractivity contribution in [3.63, 3.8) is 0 Å². The lowest BCUT2D eigenvalue weighted by molar-refractivity contribution is -0.133. The number of carbonyl (C=O) groups excluding carboxylic acids is 1. The molecule has 3 heterocycles. The van der Waals surface area contributed by atoms with Gasteiger partial charge in [0.15, 0.2) is 0 Å². The average molecular weight is 316 g/mol. The molecule has 0 radical (unpaired) electrons. The van der Waals surface area contributed by atoms with Crippen LogP contribution in [0.4, 0.5) is 0 Å². The molecular weight excluding hydrogens is 292 g/mol. The zero-order valence-electron chi connectivity index (χ0n) is 13.9. The van der Waals surface area contributed by atoms with Gasteiger partial charge < -0.3 is 4.90 Å². The first-order valence-corrected chi connectivity index (χ1v) is 8.10. The van der Waals surface area contributed by atoms with Crippen molar-refractivity contribution in [3.8, 4) is 0 Å². The fraction of sp³-hybridized carbons (Fsp3) is 0.562. The third kappa shape index (κ3) is 3.98. The van der Waals surface area contributed by atoms with Crippen molar-refractivity contribution < 1.29 is 4.79 Å². The average Bonchev–Trinajstić information content (AvgIpc) is 3.15. The topological polar surface area (TPSA) is 59.2 Å². The Labute approximate surface area is 136 Å². The van der Waals surface area contributed by atoms with Crippen LogP contribution < -0.4 is 0 Å². The molecule has 1 aliphatic rings. The fourth-order valence-electron chi connectivity index (χ4n) is 2.99. The van der Waals surface area contributed by atoms with Crippen LogP contribution in [-0.2, 0) is 17.9 Å². The highest BCUT2D eigenvalue weighted by Gasteiger charge is 2.21. The highest BCUT2D eigenvalue weighted by Crippen LogP contribution is 2.06. The molecule has 0 aliphatic carbocycles. The lowest BCUT2D eigenvalue weighted by atomic mass is 10.3. The molecule has 0 spiro atoms. The number of amides is 1. The highest BCUT2D eigenvalue weighted by molar-refractivity contribution is 5.76. The Morgan fingerprint density at radius 1 is 1.17 bits per heavy atom. The number of carbonyl (C=O) groups is 1. The Morgan fingerprint density at radius 2 is 1.96 bits per heavy atom. The second-order valence-electron chi connectivity index (χ2n) is 6.08. The third-order valence-corrected chi connectivity index (χ3v) is 4.31. The van der Waals surface area contributed by atoms with Gasteiger partial charge >= 0.3 is 0 Å². The molecule has 1 saturated heterocycles. The summed E-state index contributed by atoms with van der Waals surface area (Å²) in [6.45, 7) is 9.74.